The van der Waals surface area contributed by atoms with E-state index in [9.17, 15) is 18.4 Å². The summed E-state index contributed by atoms with van der Waals surface area (Å²) in [6, 6.07) is 10.1. The average molecular weight is 390 g/mol. The molecule has 3 rings (SSSR count). The maximum absolute atomic E-state index is 12.6. The van der Waals surface area contributed by atoms with E-state index in [0.717, 1.165) is 19.3 Å². The first-order chi connectivity index (χ1) is 13.4. The maximum atomic E-state index is 12.6. The highest BCUT2D eigenvalue weighted by Gasteiger charge is 2.30. The topological polar surface area (TPSA) is 62.0 Å². The summed E-state index contributed by atoms with van der Waals surface area (Å²) < 4.78 is 42.8. The van der Waals surface area contributed by atoms with E-state index in [4.69, 9.17) is 4.74 Å². The molecule has 1 aliphatic heterocycles. The van der Waals surface area contributed by atoms with Gasteiger partial charge in [0.25, 0.3) is 0 Å². The van der Waals surface area contributed by atoms with Crippen LogP contribution in [-0.4, -0.2) is 35.8 Å². The molecule has 0 fully saturated rings. The summed E-state index contributed by atoms with van der Waals surface area (Å²) in [5.41, 5.74) is 2.43. The van der Waals surface area contributed by atoms with Crippen molar-refractivity contribution in [1.82, 2.24) is 9.97 Å². The van der Waals surface area contributed by atoms with Crippen LogP contribution in [0.4, 0.5) is 19.0 Å². The van der Waals surface area contributed by atoms with E-state index in [1.807, 2.05) is 30.0 Å². The van der Waals surface area contributed by atoms with Crippen LogP contribution in [0.2, 0.25) is 0 Å². The number of alkyl halides is 3. The van der Waals surface area contributed by atoms with Gasteiger partial charge >= 0.3 is 6.18 Å². The summed E-state index contributed by atoms with van der Waals surface area (Å²) in [6.07, 6.45) is -1.74. The van der Waals surface area contributed by atoms with Crippen LogP contribution in [0.1, 0.15) is 35.9 Å². The summed E-state index contributed by atoms with van der Waals surface area (Å²) in [5.74, 6) is 0.441. The molecule has 0 bridgehead atoms. The smallest absolute Gasteiger partial charge is 0.422 e. The zero-order valence-corrected chi connectivity index (χ0v) is 15.6. The Morgan fingerprint density at radius 3 is 2.32 bits per heavy atom. The number of hydrogen-bond acceptors (Lipinski definition) is 5. The van der Waals surface area contributed by atoms with Gasteiger partial charge in [-0.05, 0) is 30.4 Å². The molecule has 2 aromatic rings. The van der Waals surface area contributed by atoms with Crippen molar-refractivity contribution in [2.24, 2.45) is 0 Å². The second-order valence-corrected chi connectivity index (χ2v) is 6.67. The Morgan fingerprint density at radius 1 is 1.14 bits per heavy atom. The van der Waals surface area contributed by atoms with Crippen molar-refractivity contribution in [3.63, 3.8) is 0 Å². The van der Waals surface area contributed by atoms with Gasteiger partial charge in [-0.3, -0.25) is 0 Å². The lowest BCUT2D eigenvalue weighted by molar-refractivity contribution is -0.154. The van der Waals surface area contributed by atoms with Crippen molar-refractivity contribution in [3.05, 3.63) is 46.8 Å². The van der Waals surface area contributed by atoms with E-state index in [1.165, 1.54) is 11.1 Å². The van der Waals surface area contributed by atoms with Crippen LogP contribution in [0.25, 0.3) is 0 Å². The SMILES string of the molecule is CCCc1nc(OCC(F)(F)F)c(C#N)c(N2CCc3ccccc3CC2)n1. The fourth-order valence-electron chi connectivity index (χ4n) is 3.27. The van der Waals surface area contributed by atoms with E-state index >= 15 is 0 Å². The molecule has 0 spiro atoms. The lowest BCUT2D eigenvalue weighted by Crippen LogP contribution is -2.29. The monoisotopic (exact) mass is 390 g/mol. The van der Waals surface area contributed by atoms with E-state index in [2.05, 4.69) is 22.1 Å². The van der Waals surface area contributed by atoms with Crippen molar-refractivity contribution in [3.8, 4) is 11.9 Å². The number of nitriles is 1. The number of anilines is 1. The van der Waals surface area contributed by atoms with Gasteiger partial charge in [0.2, 0.25) is 5.88 Å². The maximum Gasteiger partial charge on any atom is 0.422 e. The molecule has 0 radical (unpaired) electrons. The van der Waals surface area contributed by atoms with Crippen LogP contribution in [0, 0.1) is 11.3 Å². The molecule has 0 N–H and O–H groups in total. The van der Waals surface area contributed by atoms with Gasteiger partial charge in [0, 0.05) is 19.5 Å². The molecule has 28 heavy (non-hydrogen) atoms. The van der Waals surface area contributed by atoms with Crippen molar-refractivity contribution in [2.45, 2.75) is 38.8 Å². The third-order valence-corrected chi connectivity index (χ3v) is 4.58. The number of aromatic nitrogens is 2. The zero-order chi connectivity index (χ0) is 20.1. The van der Waals surface area contributed by atoms with Crippen LogP contribution < -0.4 is 9.64 Å². The van der Waals surface area contributed by atoms with Gasteiger partial charge in [-0.25, -0.2) is 4.98 Å². The van der Waals surface area contributed by atoms with Gasteiger partial charge in [0.05, 0.1) is 0 Å². The molecule has 0 saturated heterocycles. The van der Waals surface area contributed by atoms with Gasteiger partial charge in [0.1, 0.15) is 11.9 Å². The first kappa shape index (κ1) is 19.9. The molecule has 1 aromatic heterocycles. The van der Waals surface area contributed by atoms with Crippen LogP contribution in [0.5, 0.6) is 5.88 Å². The molecule has 0 aliphatic carbocycles. The largest absolute Gasteiger partial charge is 0.467 e. The van der Waals surface area contributed by atoms with Crippen LogP contribution >= 0.6 is 0 Å². The van der Waals surface area contributed by atoms with Crippen molar-refractivity contribution >= 4 is 5.82 Å². The number of nitrogens with zero attached hydrogens (tertiary/aromatic N) is 4. The summed E-state index contributed by atoms with van der Waals surface area (Å²) in [7, 11) is 0. The fourth-order valence-corrected chi connectivity index (χ4v) is 3.27. The summed E-state index contributed by atoms with van der Waals surface area (Å²) in [5, 5.41) is 9.61. The van der Waals surface area contributed by atoms with Crippen LogP contribution in [0.3, 0.4) is 0 Å². The van der Waals surface area contributed by atoms with Gasteiger partial charge in [-0.2, -0.15) is 23.4 Å². The molecule has 0 saturated carbocycles. The Labute approximate surface area is 161 Å². The highest BCUT2D eigenvalue weighted by atomic mass is 19.4. The molecule has 0 amide bonds. The normalized spacial score (nSPS) is 14.2. The summed E-state index contributed by atoms with van der Waals surface area (Å²) in [6.45, 7) is 1.68. The second kappa shape index (κ2) is 8.46. The third-order valence-electron chi connectivity index (χ3n) is 4.58. The lowest BCUT2D eigenvalue weighted by atomic mass is 10.0. The Bertz CT molecular complexity index is 850. The standard InChI is InChI=1S/C20H21F3N4O/c1-2-5-17-25-18(16(12-24)19(26-17)28-13-20(21,22)23)27-10-8-14-6-3-4-7-15(14)9-11-27/h3-4,6-7H,2,5,8-11,13H2,1H3. The van der Waals surface area contributed by atoms with Crippen molar-refractivity contribution < 1.29 is 17.9 Å². The number of ether oxygens (including phenoxy) is 1. The average Bonchev–Trinajstić information content (AvgIpc) is 2.88. The highest BCUT2D eigenvalue weighted by molar-refractivity contribution is 5.59. The van der Waals surface area contributed by atoms with Crippen molar-refractivity contribution in [2.75, 3.05) is 24.6 Å². The Morgan fingerprint density at radius 2 is 1.79 bits per heavy atom. The third kappa shape index (κ3) is 4.71. The number of fused-ring (bicyclic) bond motifs is 1. The number of rotatable bonds is 5. The summed E-state index contributed by atoms with van der Waals surface area (Å²) >= 11 is 0. The van der Waals surface area contributed by atoms with Crippen LogP contribution in [-0.2, 0) is 19.3 Å². The molecule has 8 heteroatoms. The highest BCUT2D eigenvalue weighted by Crippen LogP contribution is 2.29. The van der Waals surface area contributed by atoms with E-state index in [0.29, 0.717) is 31.2 Å². The predicted molar refractivity (Wildman–Crippen MR) is 98.4 cm³/mol. The van der Waals surface area contributed by atoms with E-state index < -0.39 is 12.8 Å². The molecular formula is C20H21F3N4O. The number of aryl methyl sites for hydroxylation is 1. The molecule has 2 heterocycles. The molecular weight excluding hydrogens is 369 g/mol. The van der Waals surface area contributed by atoms with Crippen LogP contribution in [0.15, 0.2) is 24.3 Å². The number of halogens is 3. The second-order valence-electron chi connectivity index (χ2n) is 6.67. The minimum absolute atomic E-state index is 0.0462. The first-order valence-corrected chi connectivity index (χ1v) is 9.23. The minimum atomic E-state index is -4.51. The van der Waals surface area contributed by atoms with E-state index in [1.54, 1.807) is 0 Å². The molecule has 1 aromatic carbocycles. The first-order valence-electron chi connectivity index (χ1n) is 9.23. The fraction of sp³-hybridized carbons (Fsp3) is 0.450. The van der Waals surface area contributed by atoms with Gasteiger partial charge in [-0.1, -0.05) is 31.2 Å². The molecule has 0 unspecified atom stereocenters. The zero-order valence-electron chi connectivity index (χ0n) is 15.6. The van der Waals surface area contributed by atoms with Gasteiger partial charge in [-0.15, -0.1) is 0 Å². The van der Waals surface area contributed by atoms with E-state index in [-0.39, 0.29) is 11.4 Å². The molecule has 148 valence electrons. The van der Waals surface area contributed by atoms with Gasteiger partial charge < -0.3 is 9.64 Å². The minimum Gasteiger partial charge on any atom is -0.467 e. The molecule has 5 nitrogen and oxygen atoms in total. The van der Waals surface area contributed by atoms with Crippen molar-refractivity contribution in [1.29, 1.82) is 5.26 Å². The Kier molecular flexibility index (Phi) is 6.02. The molecule has 1 aliphatic rings. The Balaban J connectivity index is 1.94. The van der Waals surface area contributed by atoms with Gasteiger partial charge in [0.15, 0.2) is 18.0 Å². The quantitative estimate of drug-likeness (QED) is 0.776. The Hall–Kier alpha value is -2.82. The predicted octanol–water partition coefficient (Wildman–Crippen LogP) is 3.85. The number of benzene rings is 1. The lowest BCUT2D eigenvalue weighted by Gasteiger charge is -2.24. The summed E-state index contributed by atoms with van der Waals surface area (Å²) in [4.78, 5) is 10.5. The number of hydrogen-bond donors (Lipinski definition) is 0. The molecule has 0 atom stereocenters.